The Labute approximate surface area is 109 Å². The third-order valence-corrected chi connectivity index (χ3v) is 3.22. The molecule has 1 fully saturated rings. The van der Waals surface area contributed by atoms with Crippen molar-refractivity contribution in [2.75, 3.05) is 40.1 Å². The Hall–Kier alpha value is -0.650. The van der Waals surface area contributed by atoms with Gasteiger partial charge in [-0.1, -0.05) is 6.92 Å². The topological polar surface area (TPSA) is 56.8 Å². The first-order valence-electron chi connectivity index (χ1n) is 6.70. The van der Waals surface area contributed by atoms with Crippen LogP contribution in [0.3, 0.4) is 0 Å². The SMILES string of the molecule is CCNC(COCCOCC)(C(=O)OC)C1CC1. The Kier molecular flexibility index (Phi) is 6.60. The van der Waals surface area contributed by atoms with E-state index in [1.54, 1.807) is 0 Å². The van der Waals surface area contributed by atoms with Crippen LogP contribution in [0.25, 0.3) is 0 Å². The summed E-state index contributed by atoms with van der Waals surface area (Å²) in [7, 11) is 1.43. The number of rotatable bonds is 10. The van der Waals surface area contributed by atoms with E-state index >= 15 is 0 Å². The predicted molar refractivity (Wildman–Crippen MR) is 68.5 cm³/mol. The summed E-state index contributed by atoms with van der Waals surface area (Å²) in [4.78, 5) is 12.0. The molecular weight excluding hydrogens is 234 g/mol. The highest BCUT2D eigenvalue weighted by Gasteiger charge is 2.51. The van der Waals surface area contributed by atoms with Gasteiger partial charge < -0.3 is 14.2 Å². The summed E-state index contributed by atoms with van der Waals surface area (Å²) in [6, 6.07) is 0. The van der Waals surface area contributed by atoms with Crippen molar-refractivity contribution < 1.29 is 19.0 Å². The number of carbonyl (C=O) groups excluding carboxylic acids is 1. The highest BCUT2D eigenvalue weighted by Crippen LogP contribution is 2.40. The molecule has 1 N–H and O–H groups in total. The van der Waals surface area contributed by atoms with Crippen LogP contribution in [0.5, 0.6) is 0 Å². The number of likely N-dealkylation sites (N-methyl/N-ethyl adjacent to an activating group) is 1. The zero-order valence-corrected chi connectivity index (χ0v) is 11.7. The minimum atomic E-state index is -0.671. The molecule has 106 valence electrons. The van der Waals surface area contributed by atoms with Gasteiger partial charge in [-0.3, -0.25) is 5.32 Å². The van der Waals surface area contributed by atoms with Crippen molar-refractivity contribution >= 4 is 5.97 Å². The molecule has 0 spiro atoms. The maximum Gasteiger partial charge on any atom is 0.328 e. The molecule has 5 nitrogen and oxygen atoms in total. The van der Waals surface area contributed by atoms with Crippen LogP contribution in [0, 0.1) is 5.92 Å². The monoisotopic (exact) mass is 259 g/mol. The van der Waals surface area contributed by atoms with Crippen molar-refractivity contribution in [1.82, 2.24) is 5.32 Å². The number of hydrogen-bond donors (Lipinski definition) is 1. The molecule has 0 aromatic carbocycles. The summed E-state index contributed by atoms with van der Waals surface area (Å²) in [6.07, 6.45) is 2.10. The highest BCUT2D eigenvalue weighted by atomic mass is 16.5. The third kappa shape index (κ3) is 3.93. The molecule has 0 aromatic rings. The lowest BCUT2D eigenvalue weighted by molar-refractivity contribution is -0.153. The minimum absolute atomic E-state index is 0.219. The Morgan fingerprint density at radius 2 is 1.94 bits per heavy atom. The van der Waals surface area contributed by atoms with Crippen molar-refractivity contribution in [2.24, 2.45) is 5.92 Å². The molecule has 1 rings (SSSR count). The van der Waals surface area contributed by atoms with E-state index in [4.69, 9.17) is 14.2 Å². The summed E-state index contributed by atoms with van der Waals surface area (Å²) in [5, 5.41) is 3.26. The summed E-state index contributed by atoms with van der Waals surface area (Å²) in [5.74, 6) is 0.111. The Bertz CT molecular complexity index is 255. The third-order valence-electron chi connectivity index (χ3n) is 3.22. The maximum atomic E-state index is 12.0. The van der Waals surface area contributed by atoms with Crippen LogP contribution in [0.4, 0.5) is 0 Å². The van der Waals surface area contributed by atoms with Crippen molar-refractivity contribution in [3.63, 3.8) is 0 Å². The average Bonchev–Trinajstić information content (AvgIpc) is 3.21. The molecule has 1 unspecified atom stereocenters. The number of nitrogens with one attached hydrogen (secondary N) is 1. The summed E-state index contributed by atoms with van der Waals surface area (Å²) in [6.45, 7) is 6.75. The number of esters is 1. The minimum Gasteiger partial charge on any atom is -0.468 e. The van der Waals surface area contributed by atoms with E-state index in [1.165, 1.54) is 7.11 Å². The van der Waals surface area contributed by atoms with Gasteiger partial charge in [-0.05, 0) is 32.2 Å². The zero-order chi connectivity index (χ0) is 13.4. The molecule has 1 saturated carbocycles. The Balaban J connectivity index is 2.50. The van der Waals surface area contributed by atoms with Crippen molar-refractivity contribution in [2.45, 2.75) is 32.2 Å². The first kappa shape index (κ1) is 15.4. The quantitative estimate of drug-likeness (QED) is 0.468. The largest absolute Gasteiger partial charge is 0.468 e. The number of ether oxygens (including phenoxy) is 3. The van der Waals surface area contributed by atoms with E-state index < -0.39 is 5.54 Å². The summed E-state index contributed by atoms with van der Waals surface area (Å²) >= 11 is 0. The molecule has 0 saturated heterocycles. The van der Waals surface area contributed by atoms with Crippen LogP contribution in [0.2, 0.25) is 0 Å². The van der Waals surface area contributed by atoms with Gasteiger partial charge in [0.25, 0.3) is 0 Å². The first-order chi connectivity index (χ1) is 8.71. The van der Waals surface area contributed by atoms with Gasteiger partial charge in [0, 0.05) is 6.61 Å². The van der Waals surface area contributed by atoms with Gasteiger partial charge >= 0.3 is 5.97 Å². The fourth-order valence-corrected chi connectivity index (χ4v) is 2.18. The average molecular weight is 259 g/mol. The summed E-state index contributed by atoms with van der Waals surface area (Å²) < 4.78 is 15.7. The van der Waals surface area contributed by atoms with Crippen molar-refractivity contribution in [1.29, 1.82) is 0 Å². The van der Waals surface area contributed by atoms with E-state index in [-0.39, 0.29) is 5.97 Å². The van der Waals surface area contributed by atoms with Gasteiger partial charge in [0.15, 0.2) is 0 Å². The molecule has 18 heavy (non-hydrogen) atoms. The number of hydrogen-bond acceptors (Lipinski definition) is 5. The fourth-order valence-electron chi connectivity index (χ4n) is 2.18. The smallest absolute Gasteiger partial charge is 0.328 e. The van der Waals surface area contributed by atoms with Crippen molar-refractivity contribution in [3.05, 3.63) is 0 Å². The molecule has 0 aliphatic heterocycles. The second kappa shape index (κ2) is 7.71. The normalized spacial score (nSPS) is 18.4. The Morgan fingerprint density at radius 1 is 1.28 bits per heavy atom. The van der Waals surface area contributed by atoms with Crippen LogP contribution >= 0.6 is 0 Å². The maximum absolute atomic E-state index is 12.0. The molecule has 0 aromatic heterocycles. The van der Waals surface area contributed by atoms with Crippen LogP contribution in [-0.2, 0) is 19.0 Å². The molecule has 1 aliphatic carbocycles. The molecule has 5 heteroatoms. The first-order valence-corrected chi connectivity index (χ1v) is 6.70. The van der Waals surface area contributed by atoms with E-state index in [9.17, 15) is 4.79 Å². The van der Waals surface area contributed by atoms with Crippen LogP contribution < -0.4 is 5.32 Å². The van der Waals surface area contributed by atoms with Crippen LogP contribution in [0.15, 0.2) is 0 Å². The van der Waals surface area contributed by atoms with Crippen LogP contribution in [0.1, 0.15) is 26.7 Å². The molecule has 1 aliphatic rings. The second-order valence-electron chi connectivity index (χ2n) is 4.52. The zero-order valence-electron chi connectivity index (χ0n) is 11.7. The number of methoxy groups -OCH3 is 1. The van der Waals surface area contributed by atoms with Gasteiger partial charge in [0.1, 0.15) is 5.54 Å². The lowest BCUT2D eigenvalue weighted by atomic mass is 9.94. The van der Waals surface area contributed by atoms with Crippen LogP contribution in [-0.4, -0.2) is 51.6 Å². The lowest BCUT2D eigenvalue weighted by Crippen LogP contribution is -2.58. The molecule has 0 amide bonds. The fraction of sp³-hybridized carbons (Fsp3) is 0.923. The predicted octanol–water partition coefficient (Wildman–Crippen LogP) is 0.971. The van der Waals surface area contributed by atoms with Gasteiger partial charge in [-0.25, -0.2) is 4.79 Å². The van der Waals surface area contributed by atoms with E-state index in [0.29, 0.717) is 32.3 Å². The molecule has 0 heterocycles. The van der Waals surface area contributed by atoms with E-state index in [0.717, 1.165) is 19.4 Å². The van der Waals surface area contributed by atoms with Gasteiger partial charge in [-0.2, -0.15) is 0 Å². The van der Waals surface area contributed by atoms with E-state index in [1.807, 2.05) is 13.8 Å². The van der Waals surface area contributed by atoms with Gasteiger partial charge in [0.05, 0.1) is 26.9 Å². The second-order valence-corrected chi connectivity index (χ2v) is 4.52. The summed E-state index contributed by atoms with van der Waals surface area (Å²) in [5.41, 5.74) is -0.671. The molecule has 1 atom stereocenters. The highest BCUT2D eigenvalue weighted by molar-refractivity contribution is 5.82. The van der Waals surface area contributed by atoms with Gasteiger partial charge in [-0.15, -0.1) is 0 Å². The molecule has 0 bridgehead atoms. The number of carbonyl (C=O) groups is 1. The molecular formula is C13H25NO4. The van der Waals surface area contributed by atoms with Crippen molar-refractivity contribution in [3.8, 4) is 0 Å². The lowest BCUT2D eigenvalue weighted by Gasteiger charge is -2.31. The standard InChI is InChI=1S/C13H25NO4/c1-4-14-13(11-6-7-11,12(15)16-3)10-18-9-8-17-5-2/h11,14H,4-10H2,1-3H3. The van der Waals surface area contributed by atoms with Gasteiger partial charge in [0.2, 0.25) is 0 Å². The van der Waals surface area contributed by atoms with E-state index in [2.05, 4.69) is 5.32 Å². The molecule has 0 radical (unpaired) electrons. The Morgan fingerprint density at radius 3 is 2.44 bits per heavy atom.